The monoisotopic (exact) mass is 205 g/mol. The molecule has 1 aromatic carbocycles. The second-order valence-electron chi connectivity index (χ2n) is 4.33. The van der Waals surface area contributed by atoms with Crippen LogP contribution < -0.4 is 0 Å². The third-order valence-corrected chi connectivity index (χ3v) is 3.48. The molecule has 0 fully saturated rings. The molecule has 0 saturated carbocycles. The van der Waals surface area contributed by atoms with E-state index in [0.717, 1.165) is 18.5 Å². The summed E-state index contributed by atoms with van der Waals surface area (Å²) in [5.74, 6) is 0.474. The molecule has 1 aromatic rings. The number of nitrogens with zero attached hydrogens (tertiary/aromatic N) is 1. The van der Waals surface area contributed by atoms with Gasteiger partial charge >= 0.3 is 0 Å². The highest BCUT2D eigenvalue weighted by atomic mass is 16.3. The molecule has 2 rings (SSSR count). The van der Waals surface area contributed by atoms with Gasteiger partial charge in [0.2, 0.25) is 0 Å². The van der Waals surface area contributed by atoms with Gasteiger partial charge in [0, 0.05) is 6.04 Å². The van der Waals surface area contributed by atoms with Crippen molar-refractivity contribution in [2.75, 3.05) is 13.6 Å². The van der Waals surface area contributed by atoms with Crippen molar-refractivity contribution in [2.24, 2.45) is 0 Å². The first kappa shape index (κ1) is 10.5. The Kier molecular flexibility index (Phi) is 2.96. The lowest BCUT2D eigenvalue weighted by Gasteiger charge is -2.32. The number of aromatic hydroxyl groups is 1. The van der Waals surface area contributed by atoms with Crippen LogP contribution in [0.5, 0.6) is 5.75 Å². The zero-order valence-corrected chi connectivity index (χ0v) is 9.53. The quantitative estimate of drug-likeness (QED) is 0.802. The standard InChI is InChI=1S/C13H19NO/c1-3-14(2)12-8-4-7-11-10(12)6-5-9-13(11)15/h5-6,9,12,15H,3-4,7-8H2,1-2H3. The Morgan fingerprint density at radius 2 is 2.27 bits per heavy atom. The summed E-state index contributed by atoms with van der Waals surface area (Å²) in [6.07, 6.45) is 3.41. The summed E-state index contributed by atoms with van der Waals surface area (Å²) in [6.45, 7) is 3.23. The molecule has 1 unspecified atom stereocenters. The van der Waals surface area contributed by atoms with Crippen molar-refractivity contribution in [3.05, 3.63) is 29.3 Å². The summed E-state index contributed by atoms with van der Waals surface area (Å²) in [5, 5.41) is 9.81. The summed E-state index contributed by atoms with van der Waals surface area (Å²) < 4.78 is 0. The SMILES string of the molecule is CCN(C)C1CCCc2c(O)cccc21. The fourth-order valence-corrected chi connectivity index (χ4v) is 2.48. The van der Waals surface area contributed by atoms with Crippen LogP contribution in [-0.4, -0.2) is 23.6 Å². The van der Waals surface area contributed by atoms with Crippen molar-refractivity contribution in [3.8, 4) is 5.75 Å². The third kappa shape index (κ3) is 1.86. The molecule has 0 aliphatic heterocycles. The fourth-order valence-electron chi connectivity index (χ4n) is 2.48. The molecule has 0 amide bonds. The molecule has 0 spiro atoms. The van der Waals surface area contributed by atoms with Crippen LogP contribution in [0.3, 0.4) is 0 Å². The molecular weight excluding hydrogens is 186 g/mol. The van der Waals surface area contributed by atoms with E-state index in [1.807, 2.05) is 6.07 Å². The van der Waals surface area contributed by atoms with Crippen molar-refractivity contribution < 1.29 is 5.11 Å². The van der Waals surface area contributed by atoms with Gasteiger partial charge in [-0.15, -0.1) is 0 Å². The van der Waals surface area contributed by atoms with Crippen LogP contribution in [-0.2, 0) is 6.42 Å². The average Bonchev–Trinajstić information content (AvgIpc) is 2.28. The molecule has 1 atom stereocenters. The first-order valence-corrected chi connectivity index (χ1v) is 5.75. The number of rotatable bonds is 2. The van der Waals surface area contributed by atoms with E-state index >= 15 is 0 Å². The molecule has 0 radical (unpaired) electrons. The van der Waals surface area contributed by atoms with Crippen LogP contribution in [0.25, 0.3) is 0 Å². The van der Waals surface area contributed by atoms with Gasteiger partial charge in [0.1, 0.15) is 5.75 Å². The van der Waals surface area contributed by atoms with Crippen molar-refractivity contribution in [1.29, 1.82) is 0 Å². The van der Waals surface area contributed by atoms with Gasteiger partial charge < -0.3 is 5.11 Å². The minimum absolute atomic E-state index is 0.474. The smallest absolute Gasteiger partial charge is 0.119 e. The lowest BCUT2D eigenvalue weighted by Crippen LogP contribution is -2.27. The zero-order chi connectivity index (χ0) is 10.8. The van der Waals surface area contributed by atoms with Gasteiger partial charge in [-0.1, -0.05) is 19.1 Å². The van der Waals surface area contributed by atoms with Crippen molar-refractivity contribution >= 4 is 0 Å². The van der Waals surface area contributed by atoms with Crippen LogP contribution >= 0.6 is 0 Å². The van der Waals surface area contributed by atoms with Crippen molar-refractivity contribution in [2.45, 2.75) is 32.2 Å². The van der Waals surface area contributed by atoms with Gasteiger partial charge in [-0.2, -0.15) is 0 Å². The van der Waals surface area contributed by atoms with E-state index in [9.17, 15) is 5.11 Å². The Labute approximate surface area is 91.5 Å². The Balaban J connectivity index is 2.38. The van der Waals surface area contributed by atoms with Crippen LogP contribution in [0.4, 0.5) is 0 Å². The molecule has 0 heterocycles. The predicted molar refractivity (Wildman–Crippen MR) is 62.1 cm³/mol. The molecule has 2 heteroatoms. The minimum Gasteiger partial charge on any atom is -0.508 e. The number of benzene rings is 1. The second kappa shape index (κ2) is 4.23. The third-order valence-electron chi connectivity index (χ3n) is 3.48. The van der Waals surface area contributed by atoms with Gasteiger partial charge in [-0.3, -0.25) is 4.90 Å². The second-order valence-corrected chi connectivity index (χ2v) is 4.33. The van der Waals surface area contributed by atoms with Gasteiger partial charge in [-0.05, 0) is 50.0 Å². The molecule has 0 aromatic heterocycles. The molecule has 1 N–H and O–H groups in total. The van der Waals surface area contributed by atoms with Crippen LogP contribution in [0, 0.1) is 0 Å². The minimum atomic E-state index is 0.474. The van der Waals surface area contributed by atoms with Gasteiger partial charge in [0.15, 0.2) is 0 Å². The highest BCUT2D eigenvalue weighted by molar-refractivity contribution is 5.42. The van der Waals surface area contributed by atoms with E-state index in [1.54, 1.807) is 6.07 Å². The van der Waals surface area contributed by atoms with E-state index in [-0.39, 0.29) is 0 Å². The van der Waals surface area contributed by atoms with E-state index in [4.69, 9.17) is 0 Å². The van der Waals surface area contributed by atoms with Gasteiger partial charge in [0.05, 0.1) is 0 Å². The van der Waals surface area contributed by atoms with E-state index in [0.29, 0.717) is 11.8 Å². The molecule has 1 aliphatic carbocycles. The van der Waals surface area contributed by atoms with Gasteiger partial charge in [0.25, 0.3) is 0 Å². The number of phenolic OH excluding ortho intramolecular Hbond substituents is 1. The predicted octanol–water partition coefficient (Wildman–Crippen LogP) is 2.72. The summed E-state index contributed by atoms with van der Waals surface area (Å²) in [5.41, 5.74) is 2.49. The topological polar surface area (TPSA) is 23.5 Å². The maximum Gasteiger partial charge on any atom is 0.119 e. The van der Waals surface area contributed by atoms with Crippen LogP contribution in [0.2, 0.25) is 0 Å². The Morgan fingerprint density at radius 3 is 3.00 bits per heavy atom. The molecule has 82 valence electrons. The average molecular weight is 205 g/mol. The molecule has 2 nitrogen and oxygen atoms in total. The number of hydrogen-bond acceptors (Lipinski definition) is 2. The zero-order valence-electron chi connectivity index (χ0n) is 9.53. The highest BCUT2D eigenvalue weighted by Crippen LogP contribution is 2.37. The van der Waals surface area contributed by atoms with Crippen molar-refractivity contribution in [3.63, 3.8) is 0 Å². The largest absolute Gasteiger partial charge is 0.508 e. The molecule has 0 bridgehead atoms. The maximum absolute atomic E-state index is 9.81. The van der Waals surface area contributed by atoms with E-state index < -0.39 is 0 Å². The fraction of sp³-hybridized carbons (Fsp3) is 0.538. The number of fused-ring (bicyclic) bond motifs is 1. The van der Waals surface area contributed by atoms with Crippen LogP contribution in [0.1, 0.15) is 36.9 Å². The number of phenols is 1. The van der Waals surface area contributed by atoms with E-state index in [1.165, 1.54) is 18.4 Å². The summed E-state index contributed by atoms with van der Waals surface area (Å²) in [6, 6.07) is 6.40. The Morgan fingerprint density at radius 1 is 1.47 bits per heavy atom. The van der Waals surface area contributed by atoms with Gasteiger partial charge in [-0.25, -0.2) is 0 Å². The summed E-state index contributed by atoms with van der Waals surface area (Å²) in [7, 11) is 2.16. The molecule has 0 saturated heterocycles. The Bertz CT molecular complexity index is 348. The molecule has 15 heavy (non-hydrogen) atoms. The maximum atomic E-state index is 9.81. The van der Waals surface area contributed by atoms with Crippen molar-refractivity contribution in [1.82, 2.24) is 4.90 Å². The lowest BCUT2D eigenvalue weighted by molar-refractivity contribution is 0.231. The molecule has 1 aliphatic rings. The van der Waals surface area contributed by atoms with Crippen LogP contribution in [0.15, 0.2) is 18.2 Å². The first-order chi connectivity index (χ1) is 7.24. The molecular formula is C13H19NO. The Hall–Kier alpha value is -1.02. The summed E-state index contributed by atoms with van der Waals surface area (Å²) >= 11 is 0. The summed E-state index contributed by atoms with van der Waals surface area (Å²) in [4.78, 5) is 2.36. The first-order valence-electron chi connectivity index (χ1n) is 5.75. The highest BCUT2D eigenvalue weighted by Gasteiger charge is 2.24. The van der Waals surface area contributed by atoms with E-state index in [2.05, 4.69) is 24.9 Å². The number of hydrogen-bond donors (Lipinski definition) is 1. The lowest BCUT2D eigenvalue weighted by atomic mass is 9.86. The normalized spacial score (nSPS) is 20.3.